The highest BCUT2D eigenvalue weighted by atomic mass is 13.9. The normalized spacial score (nSPS) is 25.5. The van der Waals surface area contributed by atoms with E-state index in [0.29, 0.717) is 0 Å². The molecule has 0 amide bonds. The molecule has 0 nitrogen and oxygen atoms in total. The molecule has 1 rings (SSSR count). The first kappa shape index (κ1) is 8.54. The van der Waals surface area contributed by atoms with E-state index in [9.17, 15) is 0 Å². The number of rotatable bonds is 0. The SMILES string of the molecule is C=C1/C=C\C(=C)/C=C\C(=C)/C=C\1. The van der Waals surface area contributed by atoms with Gasteiger partial charge in [0.25, 0.3) is 0 Å². The smallest absolute Gasteiger partial charge is 0.0328 e. The maximum Gasteiger partial charge on any atom is -0.0328 e. The average molecular weight is 156 g/mol. The van der Waals surface area contributed by atoms with Gasteiger partial charge in [0.2, 0.25) is 0 Å². The van der Waals surface area contributed by atoms with Gasteiger partial charge in [-0.25, -0.2) is 0 Å². The van der Waals surface area contributed by atoms with Crippen LogP contribution in [0.25, 0.3) is 0 Å². The van der Waals surface area contributed by atoms with Gasteiger partial charge >= 0.3 is 0 Å². The first-order chi connectivity index (χ1) is 5.68. The van der Waals surface area contributed by atoms with Crippen molar-refractivity contribution in [3.05, 3.63) is 72.9 Å². The first-order valence-electron chi connectivity index (χ1n) is 3.79. The predicted octanol–water partition coefficient (Wildman–Crippen LogP) is 3.34. The van der Waals surface area contributed by atoms with Crippen LogP contribution in [0.3, 0.4) is 0 Å². The van der Waals surface area contributed by atoms with Gasteiger partial charge in [0, 0.05) is 0 Å². The third-order valence-electron chi connectivity index (χ3n) is 1.53. The molecule has 1 aliphatic rings. The topological polar surface area (TPSA) is 0 Å². The number of hydrogen-bond acceptors (Lipinski definition) is 0. The molecular weight excluding hydrogens is 144 g/mol. The van der Waals surface area contributed by atoms with Crippen molar-refractivity contribution in [2.24, 2.45) is 0 Å². The van der Waals surface area contributed by atoms with Crippen LogP contribution in [0.15, 0.2) is 72.9 Å². The Morgan fingerprint density at radius 3 is 0.833 bits per heavy atom. The van der Waals surface area contributed by atoms with E-state index in [1.54, 1.807) is 0 Å². The summed E-state index contributed by atoms with van der Waals surface area (Å²) in [4.78, 5) is 0. The van der Waals surface area contributed by atoms with Crippen molar-refractivity contribution in [3.8, 4) is 0 Å². The van der Waals surface area contributed by atoms with E-state index >= 15 is 0 Å². The molecule has 0 heteroatoms. The Hall–Kier alpha value is -1.56. The van der Waals surface area contributed by atoms with Crippen molar-refractivity contribution in [1.29, 1.82) is 0 Å². The second-order valence-corrected chi connectivity index (χ2v) is 2.72. The molecule has 0 unspecified atom stereocenters. The van der Waals surface area contributed by atoms with Crippen molar-refractivity contribution in [2.75, 3.05) is 0 Å². The van der Waals surface area contributed by atoms with Crippen LogP contribution in [0.4, 0.5) is 0 Å². The zero-order valence-corrected chi connectivity index (χ0v) is 7.09. The van der Waals surface area contributed by atoms with Gasteiger partial charge in [-0.1, -0.05) is 56.2 Å². The molecule has 0 N–H and O–H groups in total. The molecule has 0 saturated carbocycles. The zero-order valence-electron chi connectivity index (χ0n) is 7.09. The van der Waals surface area contributed by atoms with E-state index in [1.807, 2.05) is 36.5 Å². The Bertz CT molecular complexity index is 233. The summed E-state index contributed by atoms with van der Waals surface area (Å²) in [5, 5.41) is 0. The molecule has 0 heterocycles. The maximum absolute atomic E-state index is 3.84. The van der Waals surface area contributed by atoms with Gasteiger partial charge in [0.05, 0.1) is 0 Å². The minimum absolute atomic E-state index is 0.959. The van der Waals surface area contributed by atoms with E-state index in [2.05, 4.69) is 19.7 Å². The highest BCUT2D eigenvalue weighted by Gasteiger charge is 1.88. The molecule has 0 aromatic carbocycles. The lowest BCUT2D eigenvalue weighted by molar-refractivity contribution is 1.69. The van der Waals surface area contributed by atoms with E-state index < -0.39 is 0 Å². The van der Waals surface area contributed by atoms with E-state index in [4.69, 9.17) is 0 Å². The van der Waals surface area contributed by atoms with Crippen molar-refractivity contribution in [1.82, 2.24) is 0 Å². The van der Waals surface area contributed by atoms with Gasteiger partial charge in [0.15, 0.2) is 0 Å². The lowest BCUT2D eigenvalue weighted by Crippen LogP contribution is -1.66. The molecule has 0 aliphatic heterocycles. The highest BCUT2D eigenvalue weighted by Crippen LogP contribution is 2.08. The molecular formula is C12H12. The number of allylic oxidation sites excluding steroid dienone is 9. The van der Waals surface area contributed by atoms with E-state index in [0.717, 1.165) is 16.7 Å². The summed E-state index contributed by atoms with van der Waals surface area (Å²) < 4.78 is 0. The van der Waals surface area contributed by atoms with E-state index in [-0.39, 0.29) is 0 Å². The van der Waals surface area contributed by atoms with Gasteiger partial charge in [0.1, 0.15) is 0 Å². The summed E-state index contributed by atoms with van der Waals surface area (Å²) in [7, 11) is 0. The Morgan fingerprint density at radius 2 is 0.667 bits per heavy atom. The molecule has 12 heavy (non-hydrogen) atoms. The molecule has 0 fully saturated rings. The van der Waals surface area contributed by atoms with Gasteiger partial charge in [-0.15, -0.1) is 0 Å². The van der Waals surface area contributed by atoms with Crippen molar-refractivity contribution in [2.45, 2.75) is 0 Å². The van der Waals surface area contributed by atoms with Crippen LogP contribution in [0.2, 0.25) is 0 Å². The number of hydrogen-bond donors (Lipinski definition) is 0. The summed E-state index contributed by atoms with van der Waals surface area (Å²) in [6.45, 7) is 11.5. The average Bonchev–Trinajstić information content (AvgIpc) is 2.11. The first-order valence-corrected chi connectivity index (χ1v) is 3.79. The minimum atomic E-state index is 0.959. The molecule has 1 aliphatic carbocycles. The summed E-state index contributed by atoms with van der Waals surface area (Å²) in [5.41, 5.74) is 2.88. The van der Waals surface area contributed by atoms with Crippen LogP contribution in [0.5, 0.6) is 0 Å². The molecule has 0 spiro atoms. The van der Waals surface area contributed by atoms with Crippen LogP contribution in [0.1, 0.15) is 0 Å². The third kappa shape index (κ3) is 2.59. The second-order valence-electron chi connectivity index (χ2n) is 2.72. The van der Waals surface area contributed by atoms with Gasteiger partial charge in [-0.3, -0.25) is 0 Å². The van der Waals surface area contributed by atoms with Crippen LogP contribution >= 0.6 is 0 Å². The fourth-order valence-corrected chi connectivity index (χ4v) is 0.809. The highest BCUT2D eigenvalue weighted by molar-refractivity contribution is 5.44. The Labute approximate surface area is 73.6 Å². The monoisotopic (exact) mass is 156 g/mol. The maximum atomic E-state index is 3.84. The molecule has 0 aromatic rings. The molecule has 0 radical (unpaired) electrons. The standard InChI is InChI=1S/C12H12/c1-10-4-6-11(2)8-9-12(3)7-5-10/h4-9H,1-3H2/b6-4-,7-5-,9-8-. The van der Waals surface area contributed by atoms with Gasteiger partial charge in [-0.05, 0) is 16.7 Å². The summed E-state index contributed by atoms with van der Waals surface area (Å²) >= 11 is 0. The molecule has 0 aromatic heterocycles. The third-order valence-corrected chi connectivity index (χ3v) is 1.53. The van der Waals surface area contributed by atoms with Crippen LogP contribution in [-0.4, -0.2) is 0 Å². The van der Waals surface area contributed by atoms with Crippen molar-refractivity contribution in [3.63, 3.8) is 0 Å². The van der Waals surface area contributed by atoms with Crippen LogP contribution in [-0.2, 0) is 0 Å². The Morgan fingerprint density at radius 1 is 0.500 bits per heavy atom. The zero-order chi connectivity index (χ0) is 8.97. The fourth-order valence-electron chi connectivity index (χ4n) is 0.809. The van der Waals surface area contributed by atoms with Crippen LogP contribution < -0.4 is 0 Å². The largest absolute Gasteiger partial charge is 0.0918 e. The fraction of sp³-hybridized carbons (Fsp3) is 0. The lowest BCUT2D eigenvalue weighted by Gasteiger charge is -1.87. The summed E-state index contributed by atoms with van der Waals surface area (Å²) in [5.74, 6) is 0. The summed E-state index contributed by atoms with van der Waals surface area (Å²) in [6, 6.07) is 0. The lowest BCUT2D eigenvalue weighted by atomic mass is 10.2. The predicted molar refractivity (Wildman–Crippen MR) is 54.8 cm³/mol. The minimum Gasteiger partial charge on any atom is -0.0918 e. The van der Waals surface area contributed by atoms with Crippen molar-refractivity contribution < 1.29 is 0 Å². The quantitative estimate of drug-likeness (QED) is 0.504. The second kappa shape index (κ2) is 3.72. The van der Waals surface area contributed by atoms with Crippen molar-refractivity contribution >= 4 is 0 Å². The summed E-state index contributed by atoms with van der Waals surface area (Å²) in [6.07, 6.45) is 11.6. The van der Waals surface area contributed by atoms with E-state index in [1.165, 1.54) is 0 Å². The molecule has 0 bridgehead atoms. The molecule has 60 valence electrons. The van der Waals surface area contributed by atoms with Crippen LogP contribution in [0, 0.1) is 0 Å². The molecule has 0 saturated heterocycles. The van der Waals surface area contributed by atoms with Gasteiger partial charge in [-0.2, -0.15) is 0 Å². The van der Waals surface area contributed by atoms with Gasteiger partial charge < -0.3 is 0 Å². The Balaban J connectivity index is 2.96. The Kier molecular flexibility index (Phi) is 2.65. The molecule has 0 atom stereocenters.